The van der Waals surface area contributed by atoms with Gasteiger partial charge in [-0.3, -0.25) is 14.4 Å². The number of rotatable bonds is 16. The van der Waals surface area contributed by atoms with E-state index in [9.17, 15) is 29.4 Å². The number of H-pyrrole nitrogens is 1. The summed E-state index contributed by atoms with van der Waals surface area (Å²) in [6, 6.07) is 11.7. The van der Waals surface area contributed by atoms with E-state index >= 15 is 0 Å². The number of benzene rings is 2. The predicted octanol–water partition coefficient (Wildman–Crippen LogP) is -0.0593. The van der Waals surface area contributed by atoms with Crippen LogP contribution in [0.5, 0.6) is 0 Å². The van der Waals surface area contributed by atoms with E-state index in [1.165, 1.54) is 0 Å². The summed E-state index contributed by atoms with van der Waals surface area (Å²) in [6.45, 7) is -0.219. The summed E-state index contributed by atoms with van der Waals surface area (Å²) in [5, 5.41) is 27.7. The zero-order chi connectivity index (χ0) is 29.8. The van der Waals surface area contributed by atoms with Crippen molar-refractivity contribution in [3.8, 4) is 0 Å². The molecule has 0 spiro atoms. The average Bonchev–Trinajstić information content (AvgIpc) is 3.38. The minimum atomic E-state index is -1.25. The maximum atomic E-state index is 13.6. The van der Waals surface area contributed by atoms with Crippen molar-refractivity contribution in [2.75, 3.05) is 13.2 Å². The van der Waals surface area contributed by atoms with Gasteiger partial charge in [0.05, 0.1) is 6.61 Å². The van der Waals surface area contributed by atoms with Crippen LogP contribution in [0.3, 0.4) is 0 Å². The Morgan fingerprint density at radius 1 is 0.805 bits per heavy atom. The number of hydrogen-bond donors (Lipinski definition) is 8. The van der Waals surface area contributed by atoms with Gasteiger partial charge in [-0.1, -0.05) is 48.5 Å². The van der Waals surface area contributed by atoms with Gasteiger partial charge in [0, 0.05) is 29.9 Å². The molecule has 3 aromatic rings. The number of para-hydroxylation sites is 1. The van der Waals surface area contributed by atoms with Gasteiger partial charge in [-0.2, -0.15) is 0 Å². The average molecular weight is 567 g/mol. The minimum absolute atomic E-state index is 0.0657. The van der Waals surface area contributed by atoms with Crippen LogP contribution in [0, 0.1) is 0 Å². The molecule has 0 aliphatic heterocycles. The third-order valence-corrected chi connectivity index (χ3v) is 6.74. The predicted molar refractivity (Wildman–Crippen MR) is 154 cm³/mol. The highest BCUT2D eigenvalue weighted by molar-refractivity contribution is 5.95. The largest absolute Gasteiger partial charge is 0.480 e. The number of carboxylic acid groups (broad SMARTS) is 1. The number of nitrogens with one attached hydrogen (secondary N) is 4. The highest BCUT2D eigenvalue weighted by Gasteiger charge is 2.31. The van der Waals surface area contributed by atoms with E-state index in [1.807, 2.05) is 30.3 Å². The SMILES string of the molecule is NCCCCC(NC(=O)C(Cc1ccccc1)NC(=O)C(Cc1c[nH]c2ccccc12)NC(=O)C(N)CO)C(=O)O. The van der Waals surface area contributed by atoms with Gasteiger partial charge in [-0.25, -0.2) is 4.79 Å². The van der Waals surface area contributed by atoms with Crippen molar-refractivity contribution >= 4 is 34.6 Å². The first-order chi connectivity index (χ1) is 19.7. The van der Waals surface area contributed by atoms with Gasteiger partial charge >= 0.3 is 5.97 Å². The number of carboxylic acids is 1. The Labute approximate surface area is 237 Å². The highest BCUT2D eigenvalue weighted by atomic mass is 16.4. The van der Waals surface area contributed by atoms with E-state index < -0.39 is 54.5 Å². The number of aromatic nitrogens is 1. The number of aromatic amines is 1. The molecule has 0 fully saturated rings. The molecular formula is C29H38N6O6. The Balaban J connectivity index is 1.86. The number of aliphatic carboxylic acids is 1. The molecule has 220 valence electrons. The van der Waals surface area contributed by atoms with E-state index in [4.69, 9.17) is 11.5 Å². The molecule has 0 bridgehead atoms. The lowest BCUT2D eigenvalue weighted by atomic mass is 10.0. The molecule has 4 atom stereocenters. The number of aliphatic hydroxyl groups is 1. The Bertz CT molecular complexity index is 1310. The molecule has 10 N–H and O–H groups in total. The normalized spacial score (nSPS) is 14.0. The van der Waals surface area contributed by atoms with Crippen LogP contribution in [0.2, 0.25) is 0 Å². The molecule has 2 aromatic carbocycles. The van der Waals surface area contributed by atoms with Gasteiger partial charge in [0.15, 0.2) is 0 Å². The summed E-state index contributed by atoms with van der Waals surface area (Å²) in [7, 11) is 0. The molecule has 3 amide bonds. The molecule has 1 heterocycles. The molecule has 1 aromatic heterocycles. The molecular weight excluding hydrogens is 528 g/mol. The van der Waals surface area contributed by atoms with Gasteiger partial charge in [0.2, 0.25) is 17.7 Å². The van der Waals surface area contributed by atoms with Gasteiger partial charge in [-0.05, 0) is 43.0 Å². The van der Waals surface area contributed by atoms with E-state index in [0.717, 1.165) is 22.0 Å². The van der Waals surface area contributed by atoms with Gasteiger partial charge in [0.25, 0.3) is 0 Å². The second-order valence-electron chi connectivity index (χ2n) is 9.85. The zero-order valence-corrected chi connectivity index (χ0v) is 22.7. The maximum absolute atomic E-state index is 13.6. The Kier molecular flexibility index (Phi) is 11.8. The molecule has 0 saturated carbocycles. The number of unbranched alkanes of at least 4 members (excludes halogenated alkanes) is 1. The molecule has 41 heavy (non-hydrogen) atoms. The molecule has 0 aliphatic rings. The highest BCUT2D eigenvalue weighted by Crippen LogP contribution is 2.19. The first kappa shape index (κ1) is 31.3. The van der Waals surface area contributed by atoms with Crippen LogP contribution < -0.4 is 27.4 Å². The first-order valence-electron chi connectivity index (χ1n) is 13.5. The third-order valence-electron chi connectivity index (χ3n) is 6.74. The Morgan fingerprint density at radius 3 is 2.07 bits per heavy atom. The van der Waals surface area contributed by atoms with E-state index in [0.29, 0.717) is 19.4 Å². The van der Waals surface area contributed by atoms with Crippen LogP contribution in [-0.4, -0.2) is 76.2 Å². The molecule has 3 rings (SSSR count). The number of aliphatic hydroxyl groups excluding tert-OH is 1. The van der Waals surface area contributed by atoms with Crippen molar-refractivity contribution in [1.82, 2.24) is 20.9 Å². The molecule has 0 aliphatic carbocycles. The number of fused-ring (bicyclic) bond motifs is 1. The van der Waals surface area contributed by atoms with Crippen molar-refractivity contribution in [1.29, 1.82) is 0 Å². The van der Waals surface area contributed by atoms with Crippen molar-refractivity contribution in [3.05, 3.63) is 71.9 Å². The fourth-order valence-electron chi connectivity index (χ4n) is 4.45. The second-order valence-corrected chi connectivity index (χ2v) is 9.85. The standard InChI is InChI=1S/C29H38N6O6/c30-13-7-6-12-23(29(40)41)33-27(38)24(14-18-8-2-1-3-9-18)35-28(39)25(34-26(37)21(31)17-36)15-19-16-32-22-11-5-4-10-20(19)22/h1-5,8-11,16,21,23-25,32,36H,6-7,12-15,17,30-31H2,(H,33,38)(H,34,37)(H,35,39)(H,40,41). The summed E-state index contributed by atoms with van der Waals surface area (Å²) in [4.78, 5) is 54.6. The quantitative estimate of drug-likeness (QED) is 0.110. The summed E-state index contributed by atoms with van der Waals surface area (Å²) < 4.78 is 0. The summed E-state index contributed by atoms with van der Waals surface area (Å²) in [6.07, 6.45) is 3.18. The summed E-state index contributed by atoms with van der Waals surface area (Å²) in [5.41, 5.74) is 13.5. The Morgan fingerprint density at radius 2 is 1.41 bits per heavy atom. The van der Waals surface area contributed by atoms with Crippen molar-refractivity contribution in [3.63, 3.8) is 0 Å². The fourth-order valence-corrected chi connectivity index (χ4v) is 4.45. The van der Waals surface area contributed by atoms with E-state index in [-0.39, 0.29) is 19.3 Å². The monoisotopic (exact) mass is 566 g/mol. The smallest absolute Gasteiger partial charge is 0.326 e. The number of amides is 3. The van der Waals surface area contributed by atoms with Crippen LogP contribution in [-0.2, 0) is 32.0 Å². The zero-order valence-electron chi connectivity index (χ0n) is 22.7. The summed E-state index contributed by atoms with van der Waals surface area (Å²) in [5.74, 6) is -3.27. The number of nitrogens with two attached hydrogens (primary N) is 2. The van der Waals surface area contributed by atoms with Gasteiger partial charge < -0.3 is 42.6 Å². The number of hydrogen-bond acceptors (Lipinski definition) is 7. The molecule has 0 radical (unpaired) electrons. The van der Waals surface area contributed by atoms with Crippen molar-refractivity contribution in [2.45, 2.75) is 56.3 Å². The number of carbonyl (C=O) groups excluding carboxylic acids is 3. The summed E-state index contributed by atoms with van der Waals surface area (Å²) >= 11 is 0. The Hall–Kier alpha value is -4.26. The van der Waals surface area contributed by atoms with E-state index in [1.54, 1.807) is 30.5 Å². The lowest BCUT2D eigenvalue weighted by molar-refractivity contribution is -0.142. The topological polar surface area (TPSA) is 213 Å². The van der Waals surface area contributed by atoms with Crippen LogP contribution in [0.25, 0.3) is 10.9 Å². The fraction of sp³-hybridized carbons (Fsp3) is 0.379. The third kappa shape index (κ3) is 9.13. The first-order valence-corrected chi connectivity index (χ1v) is 13.5. The minimum Gasteiger partial charge on any atom is -0.480 e. The van der Waals surface area contributed by atoms with Crippen LogP contribution >= 0.6 is 0 Å². The van der Waals surface area contributed by atoms with Crippen molar-refractivity contribution in [2.24, 2.45) is 11.5 Å². The molecule has 12 heteroatoms. The van der Waals surface area contributed by atoms with Gasteiger partial charge in [0.1, 0.15) is 24.2 Å². The van der Waals surface area contributed by atoms with Gasteiger partial charge in [-0.15, -0.1) is 0 Å². The van der Waals surface area contributed by atoms with Crippen LogP contribution in [0.15, 0.2) is 60.8 Å². The lowest BCUT2D eigenvalue weighted by Gasteiger charge is -2.25. The van der Waals surface area contributed by atoms with Crippen LogP contribution in [0.1, 0.15) is 30.4 Å². The van der Waals surface area contributed by atoms with E-state index in [2.05, 4.69) is 20.9 Å². The molecule has 4 unspecified atom stereocenters. The lowest BCUT2D eigenvalue weighted by Crippen LogP contribution is -2.58. The van der Waals surface area contributed by atoms with Crippen molar-refractivity contribution < 1.29 is 29.4 Å². The number of carbonyl (C=O) groups is 4. The van der Waals surface area contributed by atoms with Crippen LogP contribution in [0.4, 0.5) is 0 Å². The second kappa shape index (κ2) is 15.5. The maximum Gasteiger partial charge on any atom is 0.326 e. The molecule has 12 nitrogen and oxygen atoms in total. The molecule has 0 saturated heterocycles.